The molecule has 0 unspecified atom stereocenters. The van der Waals surface area contributed by atoms with Gasteiger partial charge in [-0.25, -0.2) is 4.79 Å². The Morgan fingerprint density at radius 1 is 1.12 bits per heavy atom. The van der Waals surface area contributed by atoms with E-state index in [4.69, 9.17) is 21.7 Å². The molecule has 0 spiro atoms. The number of hydrogen-bond acceptors (Lipinski definition) is 6. The van der Waals surface area contributed by atoms with Crippen LogP contribution < -0.4 is 9.47 Å². The van der Waals surface area contributed by atoms with E-state index in [1.54, 1.807) is 36.4 Å². The predicted octanol–water partition coefficient (Wildman–Crippen LogP) is 5.45. The van der Waals surface area contributed by atoms with E-state index in [1.807, 2.05) is 36.4 Å². The molecule has 1 heterocycles. The lowest BCUT2D eigenvalue weighted by Crippen LogP contribution is -2.27. The number of esters is 1. The van der Waals surface area contributed by atoms with Gasteiger partial charge in [0.05, 0.1) is 17.6 Å². The lowest BCUT2D eigenvalue weighted by molar-refractivity contribution is -0.121. The Morgan fingerprint density at radius 2 is 1.91 bits per heavy atom. The fourth-order valence-corrected chi connectivity index (χ4v) is 4.63. The van der Waals surface area contributed by atoms with Crippen molar-refractivity contribution in [3.05, 3.63) is 89.4 Å². The molecule has 4 rings (SSSR count). The van der Waals surface area contributed by atoms with Crippen molar-refractivity contribution in [2.75, 3.05) is 13.7 Å². The molecule has 160 valence electrons. The molecule has 5 nitrogen and oxygen atoms in total. The van der Waals surface area contributed by atoms with Crippen LogP contribution >= 0.6 is 24.0 Å². The zero-order chi connectivity index (χ0) is 22.7. The third-order valence-electron chi connectivity index (χ3n) is 4.88. The van der Waals surface area contributed by atoms with Crippen LogP contribution in [0.3, 0.4) is 0 Å². The number of carbonyl (C=O) groups excluding carboxylic acids is 2. The van der Waals surface area contributed by atoms with E-state index in [9.17, 15) is 9.59 Å². The summed E-state index contributed by atoms with van der Waals surface area (Å²) < 4.78 is 11.6. The quantitative estimate of drug-likeness (QED) is 0.160. The normalized spacial score (nSPS) is 14.8. The van der Waals surface area contributed by atoms with E-state index >= 15 is 0 Å². The minimum absolute atomic E-state index is 0.162. The molecule has 1 amide bonds. The van der Waals surface area contributed by atoms with Crippen LogP contribution in [0.5, 0.6) is 11.5 Å². The number of hydrogen-bond donors (Lipinski definition) is 0. The summed E-state index contributed by atoms with van der Waals surface area (Å²) in [4.78, 5) is 27.4. The van der Waals surface area contributed by atoms with Gasteiger partial charge in [-0.15, -0.1) is 6.58 Å². The van der Waals surface area contributed by atoms with Crippen molar-refractivity contribution in [2.45, 2.75) is 0 Å². The number of thioether (sulfide) groups is 1. The van der Waals surface area contributed by atoms with Gasteiger partial charge in [-0.2, -0.15) is 0 Å². The van der Waals surface area contributed by atoms with Crippen molar-refractivity contribution in [3.63, 3.8) is 0 Å². The van der Waals surface area contributed by atoms with Crippen molar-refractivity contribution in [1.29, 1.82) is 0 Å². The number of thiocarbonyl (C=S) groups is 1. The van der Waals surface area contributed by atoms with Crippen LogP contribution in [0, 0.1) is 0 Å². The lowest BCUT2D eigenvalue weighted by atomic mass is 10.0. The lowest BCUT2D eigenvalue weighted by Gasteiger charge is -2.11. The molecule has 0 saturated carbocycles. The van der Waals surface area contributed by atoms with E-state index in [0.717, 1.165) is 16.3 Å². The fraction of sp³-hybridized carbons (Fsp3) is 0.0800. The van der Waals surface area contributed by atoms with Crippen molar-refractivity contribution < 1.29 is 19.1 Å². The first-order valence-electron chi connectivity index (χ1n) is 9.76. The first kappa shape index (κ1) is 21.8. The highest BCUT2D eigenvalue weighted by Crippen LogP contribution is 2.35. The molecule has 1 saturated heterocycles. The second kappa shape index (κ2) is 9.38. The molecule has 0 radical (unpaired) electrons. The molecule has 1 fully saturated rings. The molecule has 7 heteroatoms. The van der Waals surface area contributed by atoms with Gasteiger partial charge in [-0.3, -0.25) is 9.69 Å². The number of nitrogens with zero attached hydrogens (tertiary/aromatic N) is 1. The Hall–Kier alpha value is -3.42. The molecule has 0 aliphatic carbocycles. The number of benzene rings is 3. The minimum atomic E-state index is -0.474. The average Bonchev–Trinajstić information content (AvgIpc) is 3.07. The van der Waals surface area contributed by atoms with E-state index in [0.29, 0.717) is 32.8 Å². The van der Waals surface area contributed by atoms with Gasteiger partial charge in [0, 0.05) is 6.54 Å². The number of rotatable bonds is 6. The van der Waals surface area contributed by atoms with Gasteiger partial charge in [-0.05, 0) is 40.6 Å². The monoisotopic (exact) mass is 461 g/mol. The van der Waals surface area contributed by atoms with Crippen molar-refractivity contribution >= 4 is 57.0 Å². The average molecular weight is 462 g/mol. The maximum absolute atomic E-state index is 12.9. The van der Waals surface area contributed by atoms with Crippen LogP contribution in [0.2, 0.25) is 0 Å². The number of methoxy groups -OCH3 is 1. The van der Waals surface area contributed by atoms with Gasteiger partial charge in [0.2, 0.25) is 0 Å². The summed E-state index contributed by atoms with van der Waals surface area (Å²) in [6.45, 7) is 4.03. The maximum atomic E-state index is 12.9. The number of carbonyl (C=O) groups is 2. The smallest absolute Gasteiger partial charge is 0.344 e. The van der Waals surface area contributed by atoms with Gasteiger partial charge in [-0.1, -0.05) is 72.5 Å². The second-order valence-electron chi connectivity index (χ2n) is 6.91. The van der Waals surface area contributed by atoms with Crippen molar-refractivity contribution in [1.82, 2.24) is 4.90 Å². The maximum Gasteiger partial charge on any atom is 0.344 e. The highest BCUT2D eigenvalue weighted by Gasteiger charge is 2.31. The Balaban J connectivity index is 1.59. The van der Waals surface area contributed by atoms with Gasteiger partial charge in [0.15, 0.2) is 11.5 Å². The molecule has 0 atom stereocenters. The van der Waals surface area contributed by atoms with Gasteiger partial charge < -0.3 is 9.47 Å². The first-order valence-corrected chi connectivity index (χ1v) is 11.0. The zero-order valence-corrected chi connectivity index (χ0v) is 18.9. The first-order chi connectivity index (χ1) is 15.5. The summed E-state index contributed by atoms with van der Waals surface area (Å²) in [6.07, 6.45) is 3.37. The van der Waals surface area contributed by atoms with E-state index in [1.165, 1.54) is 23.8 Å². The van der Waals surface area contributed by atoms with Crippen LogP contribution in [0.4, 0.5) is 0 Å². The molecular formula is C25H19NO4S2. The zero-order valence-electron chi connectivity index (χ0n) is 17.2. The SMILES string of the molecule is C=CCN1C(=O)C(=Cc2ccc(OC(=O)c3cccc4ccccc34)c(OC)c2)SC1=S. The molecule has 3 aromatic carbocycles. The Morgan fingerprint density at radius 3 is 2.69 bits per heavy atom. The van der Waals surface area contributed by atoms with E-state index in [-0.39, 0.29) is 5.91 Å². The third-order valence-corrected chi connectivity index (χ3v) is 6.26. The number of fused-ring (bicyclic) bond motifs is 1. The molecule has 1 aliphatic rings. The Kier molecular flexibility index (Phi) is 6.39. The number of ether oxygens (including phenoxy) is 2. The highest BCUT2D eigenvalue weighted by molar-refractivity contribution is 8.26. The highest BCUT2D eigenvalue weighted by atomic mass is 32.2. The van der Waals surface area contributed by atoms with Gasteiger partial charge >= 0.3 is 5.97 Å². The summed E-state index contributed by atoms with van der Waals surface area (Å²) in [7, 11) is 1.50. The molecule has 3 aromatic rings. The summed E-state index contributed by atoms with van der Waals surface area (Å²) in [5.74, 6) is 0.0409. The van der Waals surface area contributed by atoms with Crippen molar-refractivity contribution in [3.8, 4) is 11.5 Å². The van der Waals surface area contributed by atoms with Crippen LogP contribution in [0.1, 0.15) is 15.9 Å². The second-order valence-corrected chi connectivity index (χ2v) is 8.58. The largest absolute Gasteiger partial charge is 0.493 e. The Labute approximate surface area is 195 Å². The number of amides is 1. The minimum Gasteiger partial charge on any atom is -0.493 e. The van der Waals surface area contributed by atoms with Crippen LogP contribution in [0.15, 0.2) is 78.2 Å². The molecule has 0 aromatic heterocycles. The third kappa shape index (κ3) is 4.30. The van der Waals surface area contributed by atoms with Crippen LogP contribution in [-0.2, 0) is 4.79 Å². The molecule has 0 N–H and O–H groups in total. The van der Waals surface area contributed by atoms with Crippen LogP contribution in [-0.4, -0.2) is 34.8 Å². The van der Waals surface area contributed by atoms with Gasteiger partial charge in [0.1, 0.15) is 4.32 Å². The fourth-order valence-electron chi connectivity index (χ4n) is 3.35. The molecule has 32 heavy (non-hydrogen) atoms. The van der Waals surface area contributed by atoms with E-state index in [2.05, 4.69) is 6.58 Å². The van der Waals surface area contributed by atoms with Gasteiger partial charge in [0.25, 0.3) is 5.91 Å². The topological polar surface area (TPSA) is 55.8 Å². The summed E-state index contributed by atoms with van der Waals surface area (Å²) in [5.41, 5.74) is 1.20. The summed E-state index contributed by atoms with van der Waals surface area (Å²) in [5, 5.41) is 1.77. The predicted molar refractivity (Wildman–Crippen MR) is 132 cm³/mol. The molecule has 0 bridgehead atoms. The molecule has 1 aliphatic heterocycles. The van der Waals surface area contributed by atoms with Crippen LogP contribution in [0.25, 0.3) is 16.8 Å². The summed E-state index contributed by atoms with van der Waals surface area (Å²) in [6, 6.07) is 18.3. The molecular weight excluding hydrogens is 442 g/mol. The Bertz CT molecular complexity index is 1280. The standard InChI is InChI=1S/C25H19NO4S2/c1-3-13-26-23(27)22(32-25(26)31)15-16-11-12-20(21(14-16)29-2)30-24(28)19-10-6-8-17-7-4-5-9-18(17)19/h3-12,14-15H,1,13H2,2H3. The van der Waals surface area contributed by atoms with E-state index < -0.39 is 5.97 Å². The summed E-state index contributed by atoms with van der Waals surface area (Å²) >= 11 is 6.51. The van der Waals surface area contributed by atoms with Crippen molar-refractivity contribution in [2.24, 2.45) is 0 Å².